The van der Waals surface area contributed by atoms with Gasteiger partial charge < -0.3 is 5.11 Å². The first-order chi connectivity index (χ1) is 3.80. The van der Waals surface area contributed by atoms with Gasteiger partial charge in [0.1, 0.15) is 0 Å². The number of aromatic carboxylic acids is 1. The van der Waals surface area contributed by atoms with Crippen molar-refractivity contribution in [3.63, 3.8) is 0 Å². The van der Waals surface area contributed by atoms with E-state index < -0.39 is 5.97 Å². The molecule has 0 spiro atoms. The molecule has 5 nitrogen and oxygen atoms in total. The first-order valence-electron chi connectivity index (χ1n) is 1.90. The van der Waals surface area contributed by atoms with Crippen LogP contribution in [0, 0.1) is 0 Å². The molecule has 1 rings (SSSR count). The molecule has 0 saturated heterocycles. The summed E-state index contributed by atoms with van der Waals surface area (Å²) in [6.07, 6.45) is 1.21. The Labute approximate surface area is 61.8 Å². The number of hydrogen-bond acceptors (Lipinski definition) is 3. The Morgan fingerprint density at radius 1 is 1.78 bits per heavy atom. The summed E-state index contributed by atoms with van der Waals surface area (Å²) in [6, 6.07) is 0. The van der Waals surface area contributed by atoms with Crippen LogP contribution in [-0.4, -0.2) is 44.4 Å². The van der Waals surface area contributed by atoms with E-state index in [4.69, 9.17) is 5.11 Å². The molecule has 1 aromatic heterocycles. The third kappa shape index (κ3) is 1.85. The predicted octanol–water partition coefficient (Wildman–Crippen LogP) is -1.68. The summed E-state index contributed by atoms with van der Waals surface area (Å²) in [6.45, 7) is 0. The molecule has 2 N–H and O–H groups in total. The van der Waals surface area contributed by atoms with Gasteiger partial charge in [0, 0.05) is 0 Å². The van der Waals surface area contributed by atoms with Crippen LogP contribution in [0.25, 0.3) is 0 Å². The molecule has 1 atom stereocenters. The van der Waals surface area contributed by atoms with Crippen molar-refractivity contribution in [3.05, 3.63) is 11.9 Å². The Bertz CT molecular complexity index is 185. The van der Waals surface area contributed by atoms with Gasteiger partial charge in [-0.1, -0.05) is 5.21 Å². The van der Waals surface area contributed by atoms with Crippen LogP contribution in [0.15, 0.2) is 6.20 Å². The first-order valence-corrected chi connectivity index (χ1v) is 1.90. The predicted molar refractivity (Wildman–Crippen MR) is 33.3 cm³/mol. The Balaban J connectivity index is 0.000000640. The van der Waals surface area contributed by atoms with Crippen molar-refractivity contribution in [2.24, 2.45) is 0 Å². The normalized spacial score (nSPS) is 8.00. The summed E-state index contributed by atoms with van der Waals surface area (Å²) >= 11 is 0. The van der Waals surface area contributed by atoms with Gasteiger partial charge in [0.25, 0.3) is 0 Å². The van der Waals surface area contributed by atoms with E-state index in [1.165, 1.54) is 6.20 Å². The molecular weight excluding hydrogens is 185 g/mol. The van der Waals surface area contributed by atoms with Gasteiger partial charge in [-0.3, -0.25) is 5.10 Å². The molecule has 0 aliphatic heterocycles. The number of aromatic nitrogens is 3. The molecule has 9 heavy (non-hydrogen) atoms. The van der Waals surface area contributed by atoms with E-state index in [9.17, 15) is 4.79 Å². The molecular formula is C3H6AsN3O2. The molecule has 6 heteroatoms. The fourth-order valence-corrected chi connectivity index (χ4v) is 0.306. The minimum absolute atomic E-state index is 0. The van der Waals surface area contributed by atoms with Gasteiger partial charge in [0.2, 0.25) is 0 Å². The number of nitrogens with one attached hydrogen (secondary N) is 1. The van der Waals surface area contributed by atoms with Crippen LogP contribution in [0.2, 0.25) is 0 Å². The van der Waals surface area contributed by atoms with Crippen molar-refractivity contribution >= 4 is 23.9 Å². The van der Waals surface area contributed by atoms with Gasteiger partial charge in [0.15, 0.2) is 5.69 Å². The van der Waals surface area contributed by atoms with Crippen LogP contribution in [0.5, 0.6) is 0 Å². The van der Waals surface area contributed by atoms with Gasteiger partial charge in [-0.15, -0.1) is 5.10 Å². The second-order valence-corrected chi connectivity index (χ2v) is 1.16. The van der Waals surface area contributed by atoms with Gasteiger partial charge in [-0.2, -0.15) is 0 Å². The molecule has 0 radical (unpaired) electrons. The monoisotopic (exact) mass is 191 g/mol. The topological polar surface area (TPSA) is 78.9 Å². The van der Waals surface area contributed by atoms with Crippen molar-refractivity contribution in [2.45, 2.75) is 0 Å². The number of carboxylic acid groups (broad SMARTS) is 1. The number of aromatic amines is 1. The van der Waals surface area contributed by atoms with Crippen molar-refractivity contribution in [1.82, 2.24) is 15.4 Å². The number of carboxylic acids is 1. The number of nitrogens with zero attached hydrogens (tertiary/aromatic N) is 2. The van der Waals surface area contributed by atoms with Crippen molar-refractivity contribution < 1.29 is 9.90 Å². The Kier molecular flexibility index (Phi) is 2.94. The zero-order chi connectivity index (χ0) is 5.98. The molecule has 0 aliphatic rings. The maximum absolute atomic E-state index is 9.94. The van der Waals surface area contributed by atoms with Gasteiger partial charge >= 0.3 is 23.9 Å². The van der Waals surface area contributed by atoms with E-state index in [1.807, 2.05) is 0 Å². The van der Waals surface area contributed by atoms with Crippen LogP contribution in [0.3, 0.4) is 0 Å². The van der Waals surface area contributed by atoms with Gasteiger partial charge in [0.05, 0.1) is 6.20 Å². The number of carbonyl (C=O) groups is 1. The van der Waals surface area contributed by atoms with E-state index in [0.29, 0.717) is 0 Å². The molecule has 0 amide bonds. The van der Waals surface area contributed by atoms with E-state index in [0.717, 1.165) is 0 Å². The third-order valence-electron chi connectivity index (χ3n) is 0.636. The quantitative estimate of drug-likeness (QED) is 0.519. The van der Waals surface area contributed by atoms with Crippen LogP contribution in [-0.2, 0) is 0 Å². The van der Waals surface area contributed by atoms with Crippen molar-refractivity contribution in [3.8, 4) is 0 Å². The Hall–Kier alpha value is -0.832. The van der Waals surface area contributed by atoms with Crippen LogP contribution in [0.4, 0.5) is 0 Å². The Morgan fingerprint density at radius 2 is 2.44 bits per heavy atom. The molecule has 1 unspecified atom stereocenters. The minimum atomic E-state index is -1.07. The van der Waals surface area contributed by atoms with E-state index >= 15 is 0 Å². The third-order valence-corrected chi connectivity index (χ3v) is 0.636. The fraction of sp³-hybridized carbons (Fsp3) is 0. The summed E-state index contributed by atoms with van der Waals surface area (Å²) in [4.78, 5) is 9.94. The summed E-state index contributed by atoms with van der Waals surface area (Å²) in [5.74, 6) is -1.07. The standard InChI is InChI=1S/C3H3N3O2.AsH3/c7-3(8)2-1-4-6-5-2;/h1H,(H,7,8)(H,4,5,6);1H3. The zero-order valence-corrected chi connectivity index (χ0v) is 7.50. The average molecular weight is 191 g/mol. The van der Waals surface area contributed by atoms with Crippen LogP contribution < -0.4 is 0 Å². The molecule has 50 valence electrons. The number of rotatable bonds is 1. The SMILES string of the molecule is O=C(O)c1c[nH]nn1.[AsH3]. The van der Waals surface area contributed by atoms with Crippen LogP contribution >= 0.6 is 0 Å². The zero-order valence-electron chi connectivity index (χ0n) is 4.53. The van der Waals surface area contributed by atoms with Crippen molar-refractivity contribution in [2.75, 3.05) is 0 Å². The van der Waals surface area contributed by atoms with E-state index in [1.54, 1.807) is 0 Å². The summed E-state index contributed by atoms with van der Waals surface area (Å²) < 4.78 is 0. The molecule has 0 aromatic carbocycles. The van der Waals surface area contributed by atoms with E-state index in [2.05, 4.69) is 15.4 Å². The molecule has 0 saturated carbocycles. The van der Waals surface area contributed by atoms with Crippen molar-refractivity contribution in [1.29, 1.82) is 0 Å². The Morgan fingerprint density at radius 3 is 2.67 bits per heavy atom. The summed E-state index contributed by atoms with van der Waals surface area (Å²) in [5.41, 5.74) is -0.0648. The van der Waals surface area contributed by atoms with Crippen LogP contribution in [0.1, 0.15) is 10.5 Å². The van der Waals surface area contributed by atoms with Gasteiger partial charge in [-0.05, 0) is 0 Å². The summed E-state index contributed by atoms with van der Waals surface area (Å²) in [5, 5.41) is 16.8. The molecule has 0 fully saturated rings. The second kappa shape index (κ2) is 3.24. The fourth-order valence-electron chi connectivity index (χ4n) is 0.306. The number of hydrogen-bond donors (Lipinski definition) is 2. The van der Waals surface area contributed by atoms with Gasteiger partial charge in [-0.25, -0.2) is 4.79 Å². The second-order valence-electron chi connectivity index (χ2n) is 1.16. The number of H-pyrrole nitrogens is 1. The molecule has 1 heterocycles. The average Bonchev–Trinajstić information content (AvgIpc) is 2.12. The summed E-state index contributed by atoms with van der Waals surface area (Å²) in [7, 11) is 0. The molecule has 0 bridgehead atoms. The van der Waals surface area contributed by atoms with E-state index in [-0.39, 0.29) is 23.6 Å². The molecule has 0 aliphatic carbocycles. The molecule has 1 aromatic rings. The first kappa shape index (κ1) is 8.17. The maximum atomic E-state index is 9.94.